The number of ether oxygens (including phenoxy) is 1. The van der Waals surface area contributed by atoms with Gasteiger partial charge in [-0.25, -0.2) is 5.43 Å². The highest BCUT2D eigenvalue weighted by atomic mass is 16.5. The molecule has 0 saturated heterocycles. The zero-order valence-electron chi connectivity index (χ0n) is 11.5. The molecule has 0 aliphatic heterocycles. The van der Waals surface area contributed by atoms with Crippen molar-refractivity contribution in [2.45, 2.75) is 32.9 Å². The number of aromatic nitrogens is 2. The number of nitrogens with zero attached hydrogens (tertiary/aromatic N) is 2. The minimum absolute atomic E-state index is 0.207. The average Bonchev–Trinajstić information content (AvgIpc) is 2.99. The Morgan fingerprint density at radius 2 is 2.37 bits per heavy atom. The lowest BCUT2D eigenvalue weighted by atomic mass is 10.1. The lowest BCUT2D eigenvalue weighted by Gasteiger charge is -2.17. The summed E-state index contributed by atoms with van der Waals surface area (Å²) < 4.78 is 12.6. The van der Waals surface area contributed by atoms with E-state index in [2.05, 4.69) is 17.4 Å². The Morgan fingerprint density at radius 1 is 1.58 bits per heavy atom. The summed E-state index contributed by atoms with van der Waals surface area (Å²) in [7, 11) is 1.63. The summed E-state index contributed by atoms with van der Waals surface area (Å²) in [6.45, 7) is 4.82. The van der Waals surface area contributed by atoms with Gasteiger partial charge in [-0.1, -0.05) is 6.92 Å². The van der Waals surface area contributed by atoms with Crippen molar-refractivity contribution in [3.8, 4) is 5.75 Å². The second-order valence-corrected chi connectivity index (χ2v) is 4.41. The van der Waals surface area contributed by atoms with E-state index in [-0.39, 0.29) is 6.04 Å². The molecule has 0 radical (unpaired) electrons. The molecule has 0 aliphatic rings. The van der Waals surface area contributed by atoms with Crippen LogP contribution in [0.25, 0.3) is 0 Å². The van der Waals surface area contributed by atoms with Crippen LogP contribution in [0.1, 0.15) is 36.4 Å². The van der Waals surface area contributed by atoms with Crippen LogP contribution in [0, 0.1) is 6.92 Å². The van der Waals surface area contributed by atoms with E-state index in [0.29, 0.717) is 0 Å². The van der Waals surface area contributed by atoms with Crippen molar-refractivity contribution >= 4 is 0 Å². The maximum absolute atomic E-state index is 5.71. The van der Waals surface area contributed by atoms with Crippen LogP contribution in [0.15, 0.2) is 22.9 Å². The first-order valence-electron chi connectivity index (χ1n) is 6.32. The van der Waals surface area contributed by atoms with Gasteiger partial charge in [-0.15, -0.1) is 0 Å². The van der Waals surface area contributed by atoms with E-state index in [0.717, 1.165) is 35.7 Å². The highest BCUT2D eigenvalue weighted by Crippen LogP contribution is 2.30. The number of rotatable bonds is 6. The fraction of sp³-hybridized carbons (Fsp3) is 0.462. The highest BCUT2D eigenvalue weighted by molar-refractivity contribution is 5.35. The SMILES string of the molecule is CCCn1ncc(OC)c1C(NN)c1coc(C)c1. The third kappa shape index (κ3) is 2.64. The Bertz CT molecular complexity index is 532. The van der Waals surface area contributed by atoms with Gasteiger partial charge in [0.25, 0.3) is 0 Å². The first-order chi connectivity index (χ1) is 9.21. The van der Waals surface area contributed by atoms with Crippen LogP contribution < -0.4 is 16.0 Å². The predicted octanol–water partition coefficient (Wildman–Crippen LogP) is 1.76. The molecule has 3 N–H and O–H groups in total. The summed E-state index contributed by atoms with van der Waals surface area (Å²) in [5, 5.41) is 4.34. The van der Waals surface area contributed by atoms with Gasteiger partial charge in [0.15, 0.2) is 5.75 Å². The van der Waals surface area contributed by atoms with Gasteiger partial charge in [0.2, 0.25) is 0 Å². The van der Waals surface area contributed by atoms with Crippen molar-refractivity contribution in [1.29, 1.82) is 0 Å². The summed E-state index contributed by atoms with van der Waals surface area (Å²) in [4.78, 5) is 0. The lowest BCUT2D eigenvalue weighted by molar-refractivity contribution is 0.398. The standard InChI is InChI=1S/C13H20N4O2/c1-4-5-17-13(11(18-3)7-15-17)12(16-14)10-6-9(2)19-8-10/h6-8,12,16H,4-5,14H2,1-3H3. The fourth-order valence-corrected chi connectivity index (χ4v) is 2.16. The van der Waals surface area contributed by atoms with Gasteiger partial charge in [0, 0.05) is 12.1 Å². The molecular formula is C13H20N4O2. The molecule has 0 fully saturated rings. The number of hydrazine groups is 1. The molecule has 2 heterocycles. The van der Waals surface area contributed by atoms with E-state index in [1.807, 2.05) is 17.7 Å². The van der Waals surface area contributed by atoms with E-state index < -0.39 is 0 Å². The van der Waals surface area contributed by atoms with Crippen LogP contribution in [0.2, 0.25) is 0 Å². The summed E-state index contributed by atoms with van der Waals surface area (Å²) in [6, 6.07) is 1.74. The van der Waals surface area contributed by atoms with Crippen LogP contribution in [-0.4, -0.2) is 16.9 Å². The van der Waals surface area contributed by atoms with Crippen LogP contribution in [-0.2, 0) is 6.54 Å². The smallest absolute Gasteiger partial charge is 0.161 e. The predicted molar refractivity (Wildman–Crippen MR) is 71.7 cm³/mol. The summed E-state index contributed by atoms with van der Waals surface area (Å²) in [5.74, 6) is 7.27. The number of hydrogen-bond acceptors (Lipinski definition) is 5. The number of hydrogen-bond donors (Lipinski definition) is 2. The molecule has 0 spiro atoms. The molecule has 0 amide bonds. The molecule has 19 heavy (non-hydrogen) atoms. The summed E-state index contributed by atoms with van der Waals surface area (Å²) in [6.07, 6.45) is 4.39. The van der Waals surface area contributed by atoms with Crippen molar-refractivity contribution in [1.82, 2.24) is 15.2 Å². The van der Waals surface area contributed by atoms with E-state index >= 15 is 0 Å². The van der Waals surface area contributed by atoms with Crippen molar-refractivity contribution in [3.63, 3.8) is 0 Å². The highest BCUT2D eigenvalue weighted by Gasteiger charge is 2.23. The van der Waals surface area contributed by atoms with E-state index in [1.165, 1.54) is 0 Å². The topological polar surface area (TPSA) is 78.2 Å². The van der Waals surface area contributed by atoms with Crippen LogP contribution in [0.4, 0.5) is 0 Å². The van der Waals surface area contributed by atoms with Crippen LogP contribution in [0.5, 0.6) is 5.75 Å². The average molecular weight is 264 g/mol. The molecule has 0 bridgehead atoms. The van der Waals surface area contributed by atoms with Gasteiger partial charge < -0.3 is 9.15 Å². The first kappa shape index (κ1) is 13.6. The maximum atomic E-state index is 5.71. The molecule has 1 unspecified atom stereocenters. The largest absolute Gasteiger partial charge is 0.493 e. The van der Waals surface area contributed by atoms with Gasteiger partial charge in [-0.05, 0) is 19.4 Å². The maximum Gasteiger partial charge on any atom is 0.161 e. The number of methoxy groups -OCH3 is 1. The monoisotopic (exact) mass is 264 g/mol. The van der Waals surface area contributed by atoms with E-state index in [9.17, 15) is 0 Å². The Labute approximate surface area is 112 Å². The first-order valence-corrected chi connectivity index (χ1v) is 6.32. The van der Waals surface area contributed by atoms with E-state index in [1.54, 1.807) is 19.6 Å². The van der Waals surface area contributed by atoms with Crippen molar-refractivity contribution < 1.29 is 9.15 Å². The third-order valence-electron chi connectivity index (χ3n) is 3.02. The Balaban J connectivity index is 2.44. The number of furan rings is 1. The van der Waals surface area contributed by atoms with Gasteiger partial charge in [-0.2, -0.15) is 5.10 Å². The van der Waals surface area contributed by atoms with Crippen molar-refractivity contribution in [2.75, 3.05) is 7.11 Å². The third-order valence-corrected chi connectivity index (χ3v) is 3.02. The molecule has 0 aromatic carbocycles. The normalized spacial score (nSPS) is 12.6. The minimum atomic E-state index is -0.207. The molecule has 6 heteroatoms. The summed E-state index contributed by atoms with van der Waals surface area (Å²) in [5.41, 5.74) is 4.67. The van der Waals surface area contributed by atoms with Gasteiger partial charge in [0.1, 0.15) is 11.5 Å². The van der Waals surface area contributed by atoms with E-state index in [4.69, 9.17) is 15.0 Å². The van der Waals surface area contributed by atoms with Gasteiger partial charge in [-0.3, -0.25) is 10.5 Å². The Morgan fingerprint density at radius 3 is 2.89 bits per heavy atom. The van der Waals surface area contributed by atoms with Gasteiger partial charge in [0.05, 0.1) is 25.6 Å². The lowest BCUT2D eigenvalue weighted by Crippen LogP contribution is -2.30. The molecule has 0 aliphatic carbocycles. The molecule has 2 aromatic heterocycles. The molecule has 2 rings (SSSR count). The number of aryl methyl sites for hydroxylation is 2. The molecule has 104 valence electrons. The second kappa shape index (κ2) is 5.90. The molecule has 2 aromatic rings. The van der Waals surface area contributed by atoms with Crippen LogP contribution >= 0.6 is 0 Å². The van der Waals surface area contributed by atoms with Crippen molar-refractivity contribution in [3.05, 3.63) is 35.5 Å². The molecule has 6 nitrogen and oxygen atoms in total. The molecule has 0 saturated carbocycles. The van der Waals surface area contributed by atoms with Gasteiger partial charge >= 0.3 is 0 Å². The quantitative estimate of drug-likeness (QED) is 0.614. The zero-order valence-corrected chi connectivity index (χ0v) is 11.5. The summed E-state index contributed by atoms with van der Waals surface area (Å²) >= 11 is 0. The molecular weight excluding hydrogens is 244 g/mol. The fourth-order valence-electron chi connectivity index (χ4n) is 2.16. The van der Waals surface area contributed by atoms with Crippen LogP contribution in [0.3, 0.4) is 0 Å². The second-order valence-electron chi connectivity index (χ2n) is 4.41. The Hall–Kier alpha value is -1.79. The number of nitrogens with one attached hydrogen (secondary N) is 1. The minimum Gasteiger partial charge on any atom is -0.493 e. The zero-order chi connectivity index (χ0) is 13.8. The van der Waals surface area contributed by atoms with Crippen molar-refractivity contribution in [2.24, 2.45) is 5.84 Å². The Kier molecular flexibility index (Phi) is 4.24. The number of nitrogens with two attached hydrogens (primary N) is 1. The molecule has 1 atom stereocenters.